The fourth-order valence-corrected chi connectivity index (χ4v) is 6.07. The molecule has 10 heteroatoms. The Bertz CT molecular complexity index is 890. The quantitative estimate of drug-likeness (QED) is 0.655. The van der Waals surface area contributed by atoms with Gasteiger partial charge in [-0.15, -0.1) is 11.3 Å². The third-order valence-corrected chi connectivity index (χ3v) is 8.43. The fraction of sp³-hybridized carbons (Fsp3) is 0.500. The van der Waals surface area contributed by atoms with Crippen LogP contribution in [0.3, 0.4) is 0 Å². The SMILES string of the molecule is CN1CCC(N(Cc2ccco2)C(=O)CN(C)S(=O)(=O)c2ccc(Cl)s2)CC1. The summed E-state index contributed by atoms with van der Waals surface area (Å²) in [6.45, 7) is 1.90. The summed E-state index contributed by atoms with van der Waals surface area (Å²) < 4.78 is 32.5. The Morgan fingerprint density at radius 3 is 2.61 bits per heavy atom. The lowest BCUT2D eigenvalue weighted by molar-refractivity contribution is -0.135. The first-order valence-corrected chi connectivity index (χ1v) is 11.6. The Morgan fingerprint density at radius 1 is 1.32 bits per heavy atom. The number of furan rings is 1. The molecule has 3 rings (SSSR count). The molecular weight excluding hydrogens is 422 g/mol. The standard InChI is InChI=1S/C18H24ClN3O4S2/c1-20-9-7-14(8-10-20)22(12-15-4-3-11-26-15)17(23)13-21(2)28(24,25)18-6-5-16(19)27-18/h3-6,11,14H,7-10,12-13H2,1-2H3. The maximum atomic E-state index is 13.1. The summed E-state index contributed by atoms with van der Waals surface area (Å²) >= 11 is 6.85. The first-order valence-electron chi connectivity index (χ1n) is 8.99. The Morgan fingerprint density at radius 2 is 2.04 bits per heavy atom. The second kappa shape index (κ2) is 8.96. The van der Waals surface area contributed by atoms with Gasteiger partial charge in [-0.2, -0.15) is 4.31 Å². The second-order valence-corrected chi connectivity index (χ2v) is 10.9. The summed E-state index contributed by atoms with van der Waals surface area (Å²) in [5.74, 6) is 0.447. The van der Waals surface area contributed by atoms with Gasteiger partial charge in [-0.25, -0.2) is 8.42 Å². The number of thiophene rings is 1. The largest absolute Gasteiger partial charge is 0.467 e. The van der Waals surface area contributed by atoms with Crippen LogP contribution in [0.4, 0.5) is 0 Å². The molecule has 1 aliphatic heterocycles. The molecular formula is C18H24ClN3O4S2. The van der Waals surface area contributed by atoms with Gasteiger partial charge in [-0.3, -0.25) is 4.79 Å². The van der Waals surface area contributed by atoms with E-state index in [9.17, 15) is 13.2 Å². The lowest BCUT2D eigenvalue weighted by atomic mass is 10.0. The van der Waals surface area contributed by atoms with E-state index < -0.39 is 10.0 Å². The maximum Gasteiger partial charge on any atom is 0.252 e. The van der Waals surface area contributed by atoms with Crippen LogP contribution in [0.25, 0.3) is 0 Å². The van der Waals surface area contributed by atoms with E-state index in [1.807, 2.05) is 6.07 Å². The van der Waals surface area contributed by atoms with Crippen molar-refractivity contribution < 1.29 is 17.6 Å². The van der Waals surface area contributed by atoms with E-state index in [1.54, 1.807) is 17.2 Å². The second-order valence-electron chi connectivity index (χ2n) is 6.96. The average Bonchev–Trinajstić information content (AvgIpc) is 3.32. The molecule has 0 spiro atoms. The Hall–Kier alpha value is -1.39. The van der Waals surface area contributed by atoms with Crippen molar-refractivity contribution in [3.63, 3.8) is 0 Å². The monoisotopic (exact) mass is 445 g/mol. The molecule has 0 aliphatic carbocycles. The van der Waals surface area contributed by atoms with Crippen LogP contribution in [0.2, 0.25) is 4.34 Å². The minimum atomic E-state index is -3.76. The van der Waals surface area contributed by atoms with E-state index in [1.165, 1.54) is 19.2 Å². The highest BCUT2D eigenvalue weighted by Crippen LogP contribution is 2.28. The summed E-state index contributed by atoms with van der Waals surface area (Å²) in [6, 6.07) is 6.66. The van der Waals surface area contributed by atoms with Crippen LogP contribution in [0.1, 0.15) is 18.6 Å². The number of likely N-dealkylation sites (N-methyl/N-ethyl adjacent to an activating group) is 1. The number of likely N-dealkylation sites (tertiary alicyclic amines) is 1. The zero-order valence-corrected chi connectivity index (χ0v) is 18.3. The minimum Gasteiger partial charge on any atom is -0.467 e. The molecule has 1 saturated heterocycles. The zero-order valence-electron chi connectivity index (χ0n) is 15.9. The van der Waals surface area contributed by atoms with E-state index in [0.717, 1.165) is 41.6 Å². The van der Waals surface area contributed by atoms with Gasteiger partial charge in [0.15, 0.2) is 0 Å². The summed E-state index contributed by atoms with van der Waals surface area (Å²) in [7, 11) is -0.286. The molecule has 0 unspecified atom stereocenters. The van der Waals surface area contributed by atoms with Gasteiger partial charge in [0.2, 0.25) is 5.91 Å². The molecule has 28 heavy (non-hydrogen) atoms. The number of rotatable bonds is 7. The fourth-order valence-electron chi connectivity index (χ4n) is 3.25. The highest BCUT2D eigenvalue weighted by molar-refractivity contribution is 7.91. The average molecular weight is 446 g/mol. The molecule has 1 amide bonds. The van der Waals surface area contributed by atoms with Gasteiger partial charge in [0, 0.05) is 13.1 Å². The van der Waals surface area contributed by atoms with Crippen molar-refractivity contribution in [2.45, 2.75) is 29.6 Å². The van der Waals surface area contributed by atoms with Crippen LogP contribution in [0.15, 0.2) is 39.2 Å². The van der Waals surface area contributed by atoms with E-state index in [2.05, 4.69) is 11.9 Å². The molecule has 1 fully saturated rings. The van der Waals surface area contributed by atoms with Gasteiger partial charge >= 0.3 is 0 Å². The van der Waals surface area contributed by atoms with Gasteiger partial charge < -0.3 is 14.2 Å². The molecule has 2 aromatic heterocycles. The third kappa shape index (κ3) is 4.96. The number of hydrogen-bond donors (Lipinski definition) is 0. The van der Waals surface area contributed by atoms with E-state index in [4.69, 9.17) is 16.0 Å². The molecule has 154 valence electrons. The number of halogens is 1. The van der Waals surface area contributed by atoms with Crippen molar-refractivity contribution in [2.75, 3.05) is 33.7 Å². The lowest BCUT2D eigenvalue weighted by Gasteiger charge is -2.37. The smallest absolute Gasteiger partial charge is 0.252 e. The molecule has 2 aromatic rings. The molecule has 3 heterocycles. The number of carbonyl (C=O) groups is 1. The van der Waals surface area contributed by atoms with Gasteiger partial charge in [0.1, 0.15) is 9.97 Å². The van der Waals surface area contributed by atoms with Crippen LogP contribution in [-0.2, 0) is 21.4 Å². The third-order valence-electron chi connectivity index (χ3n) is 4.93. The Labute approximate surface area is 174 Å². The van der Waals surface area contributed by atoms with Crippen LogP contribution < -0.4 is 0 Å². The molecule has 0 aromatic carbocycles. The highest BCUT2D eigenvalue weighted by atomic mass is 35.5. The molecule has 0 bridgehead atoms. The Kier molecular flexibility index (Phi) is 6.82. The first kappa shape index (κ1) is 21.3. The summed E-state index contributed by atoms with van der Waals surface area (Å²) in [5.41, 5.74) is 0. The van der Waals surface area contributed by atoms with E-state index in [-0.39, 0.29) is 22.7 Å². The normalized spacial score (nSPS) is 16.6. The van der Waals surface area contributed by atoms with Crippen LogP contribution in [0.5, 0.6) is 0 Å². The molecule has 0 radical (unpaired) electrons. The van der Waals surface area contributed by atoms with Crippen molar-refractivity contribution in [3.05, 3.63) is 40.6 Å². The molecule has 0 saturated carbocycles. The minimum absolute atomic E-state index is 0.0566. The van der Waals surface area contributed by atoms with Crippen molar-refractivity contribution in [3.8, 4) is 0 Å². The highest BCUT2D eigenvalue weighted by Gasteiger charge is 2.31. The van der Waals surface area contributed by atoms with Crippen LogP contribution >= 0.6 is 22.9 Å². The number of amides is 1. The topological polar surface area (TPSA) is 74.1 Å². The van der Waals surface area contributed by atoms with E-state index >= 15 is 0 Å². The van der Waals surface area contributed by atoms with Crippen molar-refractivity contribution in [2.24, 2.45) is 0 Å². The Balaban J connectivity index is 1.74. The predicted octanol–water partition coefficient (Wildman–Crippen LogP) is 2.74. The van der Waals surface area contributed by atoms with Crippen molar-refractivity contribution >= 4 is 38.9 Å². The van der Waals surface area contributed by atoms with Gasteiger partial charge in [0.25, 0.3) is 10.0 Å². The van der Waals surface area contributed by atoms with Gasteiger partial charge in [-0.1, -0.05) is 11.6 Å². The lowest BCUT2D eigenvalue weighted by Crippen LogP contribution is -2.49. The maximum absolute atomic E-state index is 13.1. The first-order chi connectivity index (χ1) is 13.3. The molecule has 7 nitrogen and oxygen atoms in total. The number of piperidine rings is 1. The summed E-state index contributed by atoms with van der Waals surface area (Å²) in [4.78, 5) is 17.1. The van der Waals surface area contributed by atoms with Crippen molar-refractivity contribution in [1.82, 2.24) is 14.1 Å². The number of hydrogen-bond acceptors (Lipinski definition) is 6. The van der Waals surface area contributed by atoms with Gasteiger partial charge in [-0.05, 0) is 57.2 Å². The predicted molar refractivity (Wildman–Crippen MR) is 109 cm³/mol. The number of nitrogens with zero attached hydrogens (tertiary/aromatic N) is 3. The van der Waals surface area contributed by atoms with Crippen LogP contribution in [0, 0.1) is 0 Å². The molecule has 0 N–H and O–H groups in total. The summed E-state index contributed by atoms with van der Waals surface area (Å²) in [5, 5.41) is 0. The molecule has 0 atom stereocenters. The number of sulfonamides is 1. The summed E-state index contributed by atoms with van der Waals surface area (Å²) in [6.07, 6.45) is 3.27. The van der Waals surface area contributed by atoms with Crippen LogP contribution in [-0.4, -0.2) is 68.2 Å². The zero-order chi connectivity index (χ0) is 20.3. The van der Waals surface area contributed by atoms with Gasteiger partial charge in [0.05, 0.1) is 23.7 Å². The number of carbonyl (C=O) groups excluding carboxylic acids is 1. The van der Waals surface area contributed by atoms with E-state index in [0.29, 0.717) is 16.6 Å². The molecule has 1 aliphatic rings. The van der Waals surface area contributed by atoms with Crippen molar-refractivity contribution in [1.29, 1.82) is 0 Å².